The number of nitrogen functional groups attached to an aromatic ring is 1. The molecule has 11 nitrogen and oxygen atoms in total. The van der Waals surface area contributed by atoms with Crippen LogP contribution in [0.5, 0.6) is 11.5 Å². The molecule has 0 saturated heterocycles. The Balaban J connectivity index is 1.55. The number of phenols is 1. The van der Waals surface area contributed by atoms with Crippen LogP contribution in [-0.2, 0) is 11.3 Å². The molecule has 12 heteroatoms. The number of ether oxygens (including phenoxy) is 1. The fraction of sp³-hybridized carbons (Fsp3) is 0.150. The molecule has 0 radical (unpaired) electrons. The van der Waals surface area contributed by atoms with Gasteiger partial charge < -0.3 is 20.1 Å². The first-order valence-electron chi connectivity index (χ1n) is 9.48. The van der Waals surface area contributed by atoms with Crippen molar-refractivity contribution in [1.29, 1.82) is 0 Å². The van der Waals surface area contributed by atoms with E-state index in [1.54, 1.807) is 16.7 Å². The van der Waals surface area contributed by atoms with Gasteiger partial charge in [-0.1, -0.05) is 12.1 Å². The summed E-state index contributed by atoms with van der Waals surface area (Å²) in [6, 6.07) is 10.7. The number of carbonyl (C=O) groups is 1. The van der Waals surface area contributed by atoms with Gasteiger partial charge in [0.1, 0.15) is 6.54 Å². The summed E-state index contributed by atoms with van der Waals surface area (Å²) in [4.78, 5) is 17.1. The molecular formula is C20H18IN7O4. The zero-order chi connectivity index (χ0) is 22.7. The maximum absolute atomic E-state index is 12.6. The first kappa shape index (κ1) is 21.5. The number of hydrogen-bond acceptors (Lipinski definition) is 9. The van der Waals surface area contributed by atoms with E-state index in [-0.39, 0.29) is 29.7 Å². The second-order valence-corrected chi connectivity index (χ2v) is 7.75. The first-order valence-corrected chi connectivity index (χ1v) is 10.6. The molecule has 0 saturated carbocycles. The normalized spacial score (nSPS) is 11.3. The lowest BCUT2D eigenvalue weighted by Gasteiger charge is -2.08. The number of halogens is 1. The van der Waals surface area contributed by atoms with Gasteiger partial charge >= 0.3 is 0 Å². The standard InChI is InChI=1S/C20H18IN7O4/c1-2-31-15-8-11(7-12(21)18(15)30)9-23-25-16(29)10-28-14-6-4-3-5-13(14)24-20(28)17-19(22)27-32-26-17/h3-9,30H,2,10H2,1H3,(H2,22,27)(H,25,29)/b23-9+. The number of fused-ring (bicyclic) bond motifs is 1. The molecule has 2 aromatic heterocycles. The third-order valence-corrected chi connectivity index (χ3v) is 5.26. The van der Waals surface area contributed by atoms with Crippen LogP contribution in [0.1, 0.15) is 12.5 Å². The quantitative estimate of drug-likeness (QED) is 0.181. The van der Waals surface area contributed by atoms with E-state index < -0.39 is 0 Å². The largest absolute Gasteiger partial charge is 0.504 e. The van der Waals surface area contributed by atoms with Gasteiger partial charge in [-0.05, 0) is 69.7 Å². The van der Waals surface area contributed by atoms with E-state index in [0.29, 0.717) is 32.8 Å². The van der Waals surface area contributed by atoms with Gasteiger partial charge in [0.15, 0.2) is 28.8 Å². The van der Waals surface area contributed by atoms with E-state index in [1.165, 1.54) is 6.21 Å². The third-order valence-electron chi connectivity index (χ3n) is 4.44. The van der Waals surface area contributed by atoms with Crippen LogP contribution in [0.2, 0.25) is 0 Å². The monoisotopic (exact) mass is 547 g/mol. The second kappa shape index (κ2) is 9.21. The lowest BCUT2D eigenvalue weighted by molar-refractivity contribution is -0.121. The summed E-state index contributed by atoms with van der Waals surface area (Å²) in [6.07, 6.45) is 1.47. The predicted molar refractivity (Wildman–Crippen MR) is 125 cm³/mol. The maximum atomic E-state index is 12.6. The van der Waals surface area contributed by atoms with Crippen LogP contribution in [0, 0.1) is 3.57 Å². The van der Waals surface area contributed by atoms with Crippen LogP contribution in [0.3, 0.4) is 0 Å². The number of nitrogens with two attached hydrogens (primary N) is 1. The molecule has 0 aliphatic rings. The smallest absolute Gasteiger partial charge is 0.260 e. The lowest BCUT2D eigenvalue weighted by atomic mass is 10.2. The van der Waals surface area contributed by atoms with Crippen molar-refractivity contribution in [1.82, 2.24) is 25.3 Å². The van der Waals surface area contributed by atoms with E-state index >= 15 is 0 Å². The van der Waals surface area contributed by atoms with E-state index in [2.05, 4.69) is 30.5 Å². The number of anilines is 1. The summed E-state index contributed by atoms with van der Waals surface area (Å²) in [5.74, 6) is 0.458. The molecule has 0 bridgehead atoms. The lowest BCUT2D eigenvalue weighted by Crippen LogP contribution is -2.23. The van der Waals surface area contributed by atoms with Gasteiger partial charge in [-0.2, -0.15) is 5.10 Å². The van der Waals surface area contributed by atoms with Crippen molar-refractivity contribution >= 4 is 51.6 Å². The molecule has 4 rings (SSSR count). The van der Waals surface area contributed by atoms with Gasteiger partial charge in [-0.3, -0.25) is 4.79 Å². The van der Waals surface area contributed by atoms with Gasteiger partial charge in [0.05, 0.1) is 27.4 Å². The van der Waals surface area contributed by atoms with E-state index in [1.807, 2.05) is 53.8 Å². The number of hydrazone groups is 1. The molecule has 0 aliphatic heterocycles. The second-order valence-electron chi connectivity index (χ2n) is 6.58. The highest BCUT2D eigenvalue weighted by molar-refractivity contribution is 14.1. The molecule has 0 aliphatic carbocycles. The Morgan fingerprint density at radius 1 is 1.38 bits per heavy atom. The minimum absolute atomic E-state index is 0.0646. The number of hydrogen-bond donors (Lipinski definition) is 3. The Morgan fingerprint density at radius 2 is 2.19 bits per heavy atom. The van der Waals surface area contributed by atoms with Crippen molar-refractivity contribution in [2.75, 3.05) is 12.3 Å². The number of carbonyl (C=O) groups excluding carboxylic acids is 1. The molecule has 1 amide bonds. The molecule has 4 N–H and O–H groups in total. The number of nitrogens with zero attached hydrogens (tertiary/aromatic N) is 5. The van der Waals surface area contributed by atoms with Gasteiger partial charge in [-0.15, -0.1) is 0 Å². The molecule has 2 heterocycles. The summed E-state index contributed by atoms with van der Waals surface area (Å²) in [6.45, 7) is 2.15. The summed E-state index contributed by atoms with van der Waals surface area (Å²) in [5.41, 5.74) is 10.6. The number of amides is 1. The zero-order valence-electron chi connectivity index (χ0n) is 16.8. The van der Waals surface area contributed by atoms with Crippen molar-refractivity contribution in [3.63, 3.8) is 0 Å². The number of para-hydroxylation sites is 2. The SMILES string of the molecule is CCOc1cc(/C=N/NC(=O)Cn2c(-c3nonc3N)nc3ccccc32)cc(I)c1O. The maximum Gasteiger partial charge on any atom is 0.260 e. The Hall–Kier alpha value is -3.68. The molecular weight excluding hydrogens is 529 g/mol. The predicted octanol–water partition coefficient (Wildman–Crippen LogP) is 2.53. The average Bonchev–Trinajstić information content (AvgIpc) is 3.35. The Morgan fingerprint density at radius 3 is 2.94 bits per heavy atom. The highest BCUT2D eigenvalue weighted by Gasteiger charge is 2.20. The van der Waals surface area contributed by atoms with Gasteiger partial charge in [0.2, 0.25) is 0 Å². The summed E-state index contributed by atoms with van der Waals surface area (Å²) in [7, 11) is 0. The van der Waals surface area contributed by atoms with Crippen LogP contribution >= 0.6 is 22.6 Å². The molecule has 2 aromatic carbocycles. The number of rotatable bonds is 7. The van der Waals surface area contributed by atoms with Crippen LogP contribution in [0.15, 0.2) is 46.1 Å². The van der Waals surface area contributed by atoms with E-state index in [9.17, 15) is 9.90 Å². The van der Waals surface area contributed by atoms with Crippen LogP contribution in [0.4, 0.5) is 5.82 Å². The molecule has 164 valence electrons. The van der Waals surface area contributed by atoms with Crippen molar-refractivity contribution in [3.05, 3.63) is 45.5 Å². The van der Waals surface area contributed by atoms with Crippen molar-refractivity contribution < 1.29 is 19.3 Å². The molecule has 0 spiro atoms. The van der Waals surface area contributed by atoms with Crippen molar-refractivity contribution in [2.45, 2.75) is 13.5 Å². The van der Waals surface area contributed by atoms with E-state index in [4.69, 9.17) is 10.5 Å². The Bertz CT molecular complexity index is 1310. The van der Waals surface area contributed by atoms with Crippen LogP contribution in [-0.4, -0.2) is 43.7 Å². The highest BCUT2D eigenvalue weighted by Crippen LogP contribution is 2.32. The number of aromatic hydroxyl groups is 1. The van der Waals surface area contributed by atoms with Crippen LogP contribution in [0.25, 0.3) is 22.6 Å². The Labute approximate surface area is 195 Å². The molecule has 0 atom stereocenters. The molecule has 0 unspecified atom stereocenters. The number of imidazole rings is 1. The minimum atomic E-state index is -0.390. The van der Waals surface area contributed by atoms with Gasteiger partial charge in [0.25, 0.3) is 5.91 Å². The van der Waals surface area contributed by atoms with Crippen molar-refractivity contribution in [2.24, 2.45) is 5.10 Å². The molecule has 4 aromatic rings. The highest BCUT2D eigenvalue weighted by atomic mass is 127. The number of phenolic OH excluding ortho intramolecular Hbond substituents is 1. The minimum Gasteiger partial charge on any atom is -0.504 e. The number of aromatic nitrogens is 4. The average molecular weight is 547 g/mol. The van der Waals surface area contributed by atoms with Crippen LogP contribution < -0.4 is 15.9 Å². The zero-order valence-corrected chi connectivity index (χ0v) is 19.0. The Kier molecular flexibility index (Phi) is 6.20. The van der Waals surface area contributed by atoms with Crippen molar-refractivity contribution in [3.8, 4) is 23.0 Å². The summed E-state index contributed by atoms with van der Waals surface area (Å²) >= 11 is 2.00. The fourth-order valence-electron chi connectivity index (χ4n) is 3.06. The third kappa shape index (κ3) is 4.34. The summed E-state index contributed by atoms with van der Waals surface area (Å²) < 4.78 is 12.4. The summed E-state index contributed by atoms with van der Waals surface area (Å²) in [5, 5.41) is 21.4. The van der Waals surface area contributed by atoms with Gasteiger partial charge in [-0.25, -0.2) is 15.0 Å². The number of benzene rings is 2. The fourth-order valence-corrected chi connectivity index (χ4v) is 3.68. The molecule has 32 heavy (non-hydrogen) atoms. The van der Waals surface area contributed by atoms with E-state index in [0.717, 1.165) is 5.52 Å². The van der Waals surface area contributed by atoms with Gasteiger partial charge in [0, 0.05) is 0 Å². The first-order chi connectivity index (χ1) is 15.5. The molecule has 0 fully saturated rings. The topological polar surface area (TPSA) is 154 Å². The number of nitrogens with one attached hydrogen (secondary N) is 1.